The van der Waals surface area contributed by atoms with E-state index in [4.69, 9.17) is 5.73 Å². The molecule has 28 heavy (non-hydrogen) atoms. The normalized spacial score (nSPS) is 16.4. The average Bonchev–Trinajstić information content (AvgIpc) is 3.25. The van der Waals surface area contributed by atoms with Crippen LogP contribution < -0.4 is 21.7 Å². The van der Waals surface area contributed by atoms with Crippen LogP contribution in [0.2, 0.25) is 0 Å². The van der Waals surface area contributed by atoms with Crippen molar-refractivity contribution in [3.05, 3.63) is 71.1 Å². The number of hydrogen-bond donors (Lipinski definition) is 4. The fourth-order valence-electron chi connectivity index (χ4n) is 3.15. The van der Waals surface area contributed by atoms with Gasteiger partial charge >= 0.3 is 0 Å². The Kier molecular flexibility index (Phi) is 5.10. The van der Waals surface area contributed by atoms with Crippen LogP contribution in [0.5, 0.6) is 0 Å². The second kappa shape index (κ2) is 7.84. The Morgan fingerprint density at radius 3 is 2.64 bits per heavy atom. The quantitative estimate of drug-likeness (QED) is 0.513. The Labute approximate surface area is 166 Å². The number of benzene rings is 2. The summed E-state index contributed by atoms with van der Waals surface area (Å²) in [7, 11) is 0. The van der Waals surface area contributed by atoms with Crippen molar-refractivity contribution in [1.82, 2.24) is 10.6 Å². The number of carbonyl (C=O) groups is 2. The molecule has 1 fully saturated rings. The second-order valence-electron chi connectivity index (χ2n) is 6.53. The van der Waals surface area contributed by atoms with E-state index in [1.165, 1.54) is 0 Å². The predicted octanol–water partition coefficient (Wildman–Crippen LogP) is 3.01. The van der Waals surface area contributed by atoms with E-state index >= 15 is 0 Å². The molecule has 2 amide bonds. The molecule has 0 aliphatic carbocycles. The lowest BCUT2D eigenvalue weighted by atomic mass is 10.0. The minimum Gasteiger partial charge on any atom is -0.397 e. The van der Waals surface area contributed by atoms with Gasteiger partial charge in [-0.1, -0.05) is 24.3 Å². The second-order valence-corrected chi connectivity index (χ2v) is 7.48. The Balaban J connectivity index is 1.51. The fraction of sp³-hybridized carbons (Fsp3) is 0.143. The maximum Gasteiger partial charge on any atom is 0.255 e. The molecule has 7 heteroatoms. The van der Waals surface area contributed by atoms with Crippen LogP contribution in [0.25, 0.3) is 10.4 Å². The first-order chi connectivity index (χ1) is 13.6. The molecule has 6 nitrogen and oxygen atoms in total. The van der Waals surface area contributed by atoms with Gasteiger partial charge in [0, 0.05) is 23.5 Å². The molecule has 0 radical (unpaired) electrons. The Morgan fingerprint density at radius 1 is 1.11 bits per heavy atom. The summed E-state index contributed by atoms with van der Waals surface area (Å²) >= 11 is 1.63. The van der Waals surface area contributed by atoms with E-state index in [0.29, 0.717) is 23.5 Å². The number of carbonyl (C=O) groups excluding carboxylic acids is 2. The first kappa shape index (κ1) is 18.2. The maximum atomic E-state index is 12.7. The molecule has 1 aliphatic heterocycles. The van der Waals surface area contributed by atoms with Crippen LogP contribution in [0.4, 0.5) is 11.4 Å². The highest BCUT2D eigenvalue weighted by atomic mass is 32.1. The monoisotopic (exact) mass is 392 g/mol. The van der Waals surface area contributed by atoms with Crippen LogP contribution in [0.3, 0.4) is 0 Å². The SMILES string of the molecule is Nc1ccc(-c2cccs2)cc1NC(=O)c1ccc(C2NCCNC2=O)cc1. The molecule has 142 valence electrons. The van der Waals surface area contributed by atoms with E-state index < -0.39 is 0 Å². The molecule has 0 spiro atoms. The van der Waals surface area contributed by atoms with Gasteiger partial charge in [0.15, 0.2) is 0 Å². The number of hydrogen-bond acceptors (Lipinski definition) is 5. The van der Waals surface area contributed by atoms with Crippen molar-refractivity contribution in [1.29, 1.82) is 0 Å². The molecule has 1 aliphatic rings. The highest BCUT2D eigenvalue weighted by Crippen LogP contribution is 2.30. The highest BCUT2D eigenvalue weighted by molar-refractivity contribution is 7.13. The van der Waals surface area contributed by atoms with Gasteiger partial charge in [0.05, 0.1) is 11.4 Å². The minimum absolute atomic E-state index is 0.0541. The summed E-state index contributed by atoms with van der Waals surface area (Å²) in [6, 6.07) is 16.3. The summed E-state index contributed by atoms with van der Waals surface area (Å²) in [5.74, 6) is -0.302. The summed E-state index contributed by atoms with van der Waals surface area (Å²) in [4.78, 5) is 25.7. The Hall–Kier alpha value is -3.16. The number of amides is 2. The van der Waals surface area contributed by atoms with Crippen LogP contribution >= 0.6 is 11.3 Å². The number of nitrogens with two attached hydrogens (primary N) is 1. The van der Waals surface area contributed by atoms with E-state index in [0.717, 1.165) is 22.5 Å². The number of thiophene rings is 1. The molecule has 1 unspecified atom stereocenters. The van der Waals surface area contributed by atoms with Gasteiger partial charge in [0.1, 0.15) is 6.04 Å². The van der Waals surface area contributed by atoms with Gasteiger partial charge in [-0.15, -0.1) is 11.3 Å². The lowest BCUT2D eigenvalue weighted by molar-refractivity contribution is -0.124. The van der Waals surface area contributed by atoms with E-state index in [1.54, 1.807) is 41.7 Å². The van der Waals surface area contributed by atoms with Crippen LogP contribution in [-0.2, 0) is 4.79 Å². The predicted molar refractivity (Wildman–Crippen MR) is 112 cm³/mol. The Bertz CT molecular complexity index is 1000. The van der Waals surface area contributed by atoms with E-state index in [9.17, 15) is 9.59 Å². The number of nitrogen functional groups attached to an aromatic ring is 1. The molecule has 4 rings (SSSR count). The lowest BCUT2D eigenvalue weighted by Gasteiger charge is -2.23. The standard InChI is InChI=1S/C21H20N4O2S/c22-16-8-7-15(18-2-1-11-28-18)12-17(16)25-20(26)14-5-3-13(4-6-14)19-21(27)24-10-9-23-19/h1-8,11-12,19,23H,9-10,22H2,(H,24,27)(H,25,26). The Morgan fingerprint density at radius 2 is 1.93 bits per heavy atom. The zero-order valence-electron chi connectivity index (χ0n) is 15.1. The summed E-state index contributed by atoms with van der Waals surface area (Å²) in [6.45, 7) is 1.35. The van der Waals surface area contributed by atoms with Crippen LogP contribution in [0.15, 0.2) is 60.0 Å². The summed E-state index contributed by atoms with van der Waals surface area (Å²) < 4.78 is 0. The van der Waals surface area contributed by atoms with Gasteiger partial charge in [-0.05, 0) is 46.8 Å². The molecular formula is C21H20N4O2S. The summed E-state index contributed by atoms with van der Waals surface area (Å²) in [5.41, 5.74) is 9.46. The van der Waals surface area contributed by atoms with Crippen LogP contribution in [0.1, 0.15) is 22.0 Å². The summed E-state index contributed by atoms with van der Waals surface area (Å²) in [6.07, 6.45) is 0. The first-order valence-electron chi connectivity index (χ1n) is 8.97. The van der Waals surface area contributed by atoms with Gasteiger partial charge in [-0.25, -0.2) is 0 Å². The molecule has 0 bridgehead atoms. The van der Waals surface area contributed by atoms with Crippen molar-refractivity contribution < 1.29 is 9.59 Å². The first-order valence-corrected chi connectivity index (χ1v) is 9.85. The van der Waals surface area contributed by atoms with Gasteiger partial charge < -0.3 is 21.7 Å². The molecule has 0 saturated carbocycles. The molecule has 2 aromatic carbocycles. The van der Waals surface area contributed by atoms with Gasteiger partial charge in [-0.2, -0.15) is 0 Å². The third-order valence-corrected chi connectivity index (χ3v) is 5.57. The van der Waals surface area contributed by atoms with E-state index in [1.807, 2.05) is 29.6 Å². The number of piperazine rings is 1. The number of rotatable bonds is 4. The van der Waals surface area contributed by atoms with Crippen LogP contribution in [0, 0.1) is 0 Å². The van der Waals surface area contributed by atoms with Gasteiger partial charge in [0.25, 0.3) is 5.91 Å². The minimum atomic E-state index is -0.385. The summed E-state index contributed by atoms with van der Waals surface area (Å²) in [5, 5.41) is 10.9. The fourth-order valence-corrected chi connectivity index (χ4v) is 3.87. The molecule has 2 heterocycles. The van der Waals surface area contributed by atoms with Crippen molar-refractivity contribution in [3.8, 4) is 10.4 Å². The molecule has 1 aromatic heterocycles. The molecule has 1 atom stereocenters. The highest BCUT2D eigenvalue weighted by Gasteiger charge is 2.23. The van der Waals surface area contributed by atoms with Crippen molar-refractivity contribution >= 4 is 34.5 Å². The largest absolute Gasteiger partial charge is 0.397 e. The van der Waals surface area contributed by atoms with Crippen LogP contribution in [-0.4, -0.2) is 24.9 Å². The topological polar surface area (TPSA) is 96.2 Å². The molecule has 3 aromatic rings. The van der Waals surface area contributed by atoms with E-state index in [2.05, 4.69) is 16.0 Å². The third-order valence-electron chi connectivity index (χ3n) is 4.65. The number of anilines is 2. The zero-order valence-corrected chi connectivity index (χ0v) is 15.9. The zero-order chi connectivity index (χ0) is 19.5. The van der Waals surface area contributed by atoms with Crippen molar-refractivity contribution in [2.45, 2.75) is 6.04 Å². The average molecular weight is 392 g/mol. The smallest absolute Gasteiger partial charge is 0.255 e. The van der Waals surface area contributed by atoms with Gasteiger partial charge in [-0.3, -0.25) is 9.59 Å². The van der Waals surface area contributed by atoms with Crippen molar-refractivity contribution in [2.75, 3.05) is 24.1 Å². The molecule has 1 saturated heterocycles. The van der Waals surface area contributed by atoms with Crippen molar-refractivity contribution in [2.24, 2.45) is 0 Å². The number of nitrogens with one attached hydrogen (secondary N) is 3. The lowest BCUT2D eigenvalue weighted by Crippen LogP contribution is -2.47. The van der Waals surface area contributed by atoms with Crippen molar-refractivity contribution in [3.63, 3.8) is 0 Å². The third kappa shape index (κ3) is 3.76. The van der Waals surface area contributed by atoms with E-state index in [-0.39, 0.29) is 17.9 Å². The van der Waals surface area contributed by atoms with Gasteiger partial charge in [0.2, 0.25) is 5.91 Å². The molecular weight excluding hydrogens is 372 g/mol. The maximum absolute atomic E-state index is 12.7. The molecule has 5 N–H and O–H groups in total.